The quantitative estimate of drug-likeness (QED) is 0.798. The maximum absolute atomic E-state index is 5.68. The number of rotatable bonds is 5. The van der Waals surface area contributed by atoms with Crippen LogP contribution >= 0.6 is 0 Å². The van der Waals surface area contributed by atoms with Gasteiger partial charge in [-0.15, -0.1) is 0 Å². The molecule has 0 bridgehead atoms. The molecule has 2 rings (SSSR count). The third kappa shape index (κ3) is 4.63. The summed E-state index contributed by atoms with van der Waals surface area (Å²) in [6, 6.07) is 9.39. The lowest BCUT2D eigenvalue weighted by atomic mass is 10.0. The highest BCUT2D eigenvalue weighted by molar-refractivity contribution is 5.27. The van der Waals surface area contributed by atoms with E-state index in [1.165, 1.54) is 43.2 Å². The minimum absolute atomic E-state index is 0.705. The summed E-state index contributed by atoms with van der Waals surface area (Å²) in [6.07, 6.45) is 7.82. The molecule has 1 aliphatic rings. The van der Waals surface area contributed by atoms with Crippen molar-refractivity contribution in [2.24, 2.45) is 11.7 Å². The van der Waals surface area contributed by atoms with E-state index in [4.69, 9.17) is 5.73 Å². The summed E-state index contributed by atoms with van der Waals surface area (Å²) in [7, 11) is 0. The first-order valence-electron chi connectivity index (χ1n) is 7.80. The van der Waals surface area contributed by atoms with E-state index in [2.05, 4.69) is 36.5 Å². The van der Waals surface area contributed by atoms with Crippen LogP contribution in [0.15, 0.2) is 24.3 Å². The first-order valence-corrected chi connectivity index (χ1v) is 7.80. The van der Waals surface area contributed by atoms with Crippen LogP contribution in [0.25, 0.3) is 0 Å². The first kappa shape index (κ1) is 14.5. The lowest BCUT2D eigenvalue weighted by molar-refractivity contribution is 0.446. The Morgan fingerprint density at radius 1 is 1.11 bits per heavy atom. The molecule has 1 fully saturated rings. The molecule has 0 aromatic heterocycles. The van der Waals surface area contributed by atoms with Crippen molar-refractivity contribution in [3.05, 3.63) is 35.4 Å². The Labute approximate surface area is 117 Å². The molecule has 2 nitrogen and oxygen atoms in total. The van der Waals surface area contributed by atoms with Crippen molar-refractivity contribution < 1.29 is 0 Å². The fourth-order valence-electron chi connectivity index (χ4n) is 3.07. The monoisotopic (exact) mass is 260 g/mol. The van der Waals surface area contributed by atoms with Gasteiger partial charge in [-0.3, -0.25) is 0 Å². The minimum atomic E-state index is 0.705. The van der Waals surface area contributed by atoms with Crippen LogP contribution < -0.4 is 11.1 Å². The molecule has 106 valence electrons. The molecule has 1 saturated carbocycles. The van der Waals surface area contributed by atoms with Gasteiger partial charge in [0.1, 0.15) is 0 Å². The van der Waals surface area contributed by atoms with Gasteiger partial charge < -0.3 is 11.1 Å². The normalized spacial score (nSPS) is 24.1. The molecule has 19 heavy (non-hydrogen) atoms. The van der Waals surface area contributed by atoms with Crippen molar-refractivity contribution in [3.63, 3.8) is 0 Å². The average Bonchev–Trinajstić information content (AvgIpc) is 2.63. The van der Waals surface area contributed by atoms with Gasteiger partial charge in [-0.1, -0.05) is 44.0 Å². The molecule has 1 aromatic rings. The van der Waals surface area contributed by atoms with Crippen LogP contribution in [-0.2, 0) is 13.0 Å². The Bertz CT molecular complexity index is 375. The Hall–Kier alpha value is -0.860. The molecule has 0 amide bonds. The van der Waals surface area contributed by atoms with Gasteiger partial charge in [-0.25, -0.2) is 0 Å². The predicted molar refractivity (Wildman–Crippen MR) is 82.1 cm³/mol. The summed E-state index contributed by atoms with van der Waals surface area (Å²) >= 11 is 0. The Kier molecular flexibility index (Phi) is 5.87. The largest absolute Gasteiger partial charge is 0.330 e. The van der Waals surface area contributed by atoms with Crippen molar-refractivity contribution in [2.75, 3.05) is 6.54 Å². The maximum atomic E-state index is 5.68. The molecule has 0 aliphatic heterocycles. The molecule has 0 spiro atoms. The third-order valence-electron chi connectivity index (χ3n) is 4.37. The van der Waals surface area contributed by atoms with Gasteiger partial charge in [-0.05, 0) is 49.3 Å². The van der Waals surface area contributed by atoms with Gasteiger partial charge >= 0.3 is 0 Å². The van der Waals surface area contributed by atoms with Gasteiger partial charge in [0.25, 0.3) is 0 Å². The summed E-state index contributed by atoms with van der Waals surface area (Å²) in [6.45, 7) is 4.12. The van der Waals surface area contributed by atoms with Crippen LogP contribution in [0.3, 0.4) is 0 Å². The Morgan fingerprint density at radius 2 is 1.89 bits per heavy atom. The van der Waals surface area contributed by atoms with Crippen molar-refractivity contribution in [1.82, 2.24) is 5.32 Å². The lowest BCUT2D eigenvalue weighted by Crippen LogP contribution is -2.28. The summed E-state index contributed by atoms with van der Waals surface area (Å²) < 4.78 is 0. The van der Waals surface area contributed by atoms with E-state index < -0.39 is 0 Å². The third-order valence-corrected chi connectivity index (χ3v) is 4.37. The molecule has 1 aliphatic carbocycles. The van der Waals surface area contributed by atoms with E-state index in [1.54, 1.807) is 0 Å². The van der Waals surface area contributed by atoms with Crippen LogP contribution in [0, 0.1) is 5.92 Å². The predicted octanol–water partition coefficient (Wildman–Crippen LogP) is 3.25. The number of benzene rings is 1. The van der Waals surface area contributed by atoms with E-state index in [-0.39, 0.29) is 0 Å². The fourth-order valence-corrected chi connectivity index (χ4v) is 3.07. The second-order valence-corrected chi connectivity index (χ2v) is 6.00. The molecule has 2 atom stereocenters. The molecular weight excluding hydrogens is 232 g/mol. The number of hydrogen-bond acceptors (Lipinski definition) is 2. The zero-order valence-electron chi connectivity index (χ0n) is 12.2. The maximum Gasteiger partial charge on any atom is 0.0210 e. The van der Waals surface area contributed by atoms with Crippen molar-refractivity contribution >= 4 is 0 Å². The molecule has 3 N–H and O–H groups in total. The molecule has 2 unspecified atom stereocenters. The topological polar surface area (TPSA) is 38.0 Å². The van der Waals surface area contributed by atoms with E-state index in [1.807, 2.05) is 0 Å². The SMILES string of the molecule is CC1CCCC(NCc2ccccc2CCN)CC1. The molecule has 0 heterocycles. The van der Waals surface area contributed by atoms with Crippen LogP contribution in [0.2, 0.25) is 0 Å². The zero-order chi connectivity index (χ0) is 13.5. The molecular formula is C17H28N2. The zero-order valence-corrected chi connectivity index (χ0v) is 12.2. The first-order chi connectivity index (χ1) is 9.29. The van der Waals surface area contributed by atoms with Gasteiger partial charge in [0.2, 0.25) is 0 Å². The second-order valence-electron chi connectivity index (χ2n) is 6.00. The number of hydrogen-bond donors (Lipinski definition) is 2. The van der Waals surface area contributed by atoms with Crippen molar-refractivity contribution in [3.8, 4) is 0 Å². The smallest absolute Gasteiger partial charge is 0.0210 e. The van der Waals surface area contributed by atoms with Crippen molar-refractivity contribution in [1.29, 1.82) is 0 Å². The van der Waals surface area contributed by atoms with Crippen LogP contribution in [0.4, 0.5) is 0 Å². The number of nitrogens with one attached hydrogen (secondary N) is 1. The average molecular weight is 260 g/mol. The Balaban J connectivity index is 1.87. The van der Waals surface area contributed by atoms with E-state index >= 15 is 0 Å². The van der Waals surface area contributed by atoms with Crippen LogP contribution in [0.5, 0.6) is 0 Å². The summed E-state index contributed by atoms with van der Waals surface area (Å²) in [4.78, 5) is 0. The molecule has 1 aromatic carbocycles. The summed E-state index contributed by atoms with van der Waals surface area (Å²) in [5, 5.41) is 3.76. The molecule has 2 heteroatoms. The second kappa shape index (κ2) is 7.66. The molecule has 0 radical (unpaired) electrons. The van der Waals surface area contributed by atoms with Crippen molar-refractivity contribution in [2.45, 2.75) is 58.0 Å². The van der Waals surface area contributed by atoms with Crippen LogP contribution in [0.1, 0.15) is 50.2 Å². The van der Waals surface area contributed by atoms with Gasteiger partial charge in [0, 0.05) is 12.6 Å². The van der Waals surface area contributed by atoms with Gasteiger partial charge in [0.05, 0.1) is 0 Å². The fraction of sp³-hybridized carbons (Fsp3) is 0.647. The van der Waals surface area contributed by atoms with E-state index in [9.17, 15) is 0 Å². The summed E-state index contributed by atoms with van der Waals surface area (Å²) in [5.41, 5.74) is 8.51. The lowest BCUT2D eigenvalue weighted by Gasteiger charge is -2.18. The van der Waals surface area contributed by atoms with E-state index in [0.717, 1.165) is 25.4 Å². The highest BCUT2D eigenvalue weighted by atomic mass is 14.9. The number of nitrogens with two attached hydrogens (primary N) is 1. The Morgan fingerprint density at radius 3 is 2.68 bits per heavy atom. The highest BCUT2D eigenvalue weighted by Gasteiger charge is 2.15. The standard InChI is InChI=1S/C17H28N2/c1-14-5-4-8-17(10-9-14)19-13-16-7-3-2-6-15(16)11-12-18/h2-3,6-7,14,17,19H,4-5,8-13,18H2,1H3. The minimum Gasteiger partial charge on any atom is -0.330 e. The van der Waals surface area contributed by atoms with E-state index in [0.29, 0.717) is 6.04 Å². The highest BCUT2D eigenvalue weighted by Crippen LogP contribution is 2.23. The summed E-state index contributed by atoms with van der Waals surface area (Å²) in [5.74, 6) is 0.913. The van der Waals surface area contributed by atoms with Crippen LogP contribution in [-0.4, -0.2) is 12.6 Å². The molecule has 0 saturated heterocycles. The van der Waals surface area contributed by atoms with Gasteiger partial charge in [-0.2, -0.15) is 0 Å². The van der Waals surface area contributed by atoms with Gasteiger partial charge in [0.15, 0.2) is 0 Å².